The molecule has 0 unspecified atom stereocenters. The number of benzene rings is 6. The van der Waals surface area contributed by atoms with Crippen LogP contribution in [0.2, 0.25) is 4.44 Å². The van der Waals surface area contributed by atoms with Crippen LogP contribution < -0.4 is 31.8 Å². The summed E-state index contributed by atoms with van der Waals surface area (Å²) < 4.78 is 40.6. The zero-order chi connectivity index (χ0) is 38.5. The zero-order valence-corrected chi connectivity index (χ0v) is 36.8. The molecule has 0 saturated carbocycles. The molecule has 54 heavy (non-hydrogen) atoms. The van der Waals surface area contributed by atoms with E-state index in [1.165, 1.54) is 0 Å². The van der Waals surface area contributed by atoms with E-state index in [0.29, 0.717) is 0 Å². The van der Waals surface area contributed by atoms with Gasteiger partial charge in [-0.1, -0.05) is 182 Å². The number of isothiocyanates is 3. The molecule has 6 rings (SSSR count). The van der Waals surface area contributed by atoms with E-state index < -0.39 is 33.5 Å². The SMILES string of the molecule is CCC[CH2][Sn]([N]=C=S)([N]=C=S)[N]=C=S.O=P(c1ccccc1)(c1ccccc1)c1ccccc1.O=P(c1ccccc1)(c1ccccc1)c1ccccc1. The molecule has 0 bridgehead atoms. The Morgan fingerprint density at radius 1 is 0.426 bits per heavy atom. The van der Waals surface area contributed by atoms with E-state index >= 15 is 0 Å². The van der Waals surface area contributed by atoms with E-state index in [4.69, 9.17) is 0 Å². The third kappa shape index (κ3) is 11.3. The van der Waals surface area contributed by atoms with Gasteiger partial charge in [-0.05, 0) is 0 Å². The topological polar surface area (TPSA) is 71.2 Å². The van der Waals surface area contributed by atoms with Gasteiger partial charge < -0.3 is 9.13 Å². The molecule has 0 aliphatic carbocycles. The van der Waals surface area contributed by atoms with E-state index in [1.807, 2.05) is 182 Å². The van der Waals surface area contributed by atoms with Gasteiger partial charge in [0, 0.05) is 31.8 Å². The van der Waals surface area contributed by atoms with Gasteiger partial charge >= 0.3 is 105 Å². The molecule has 6 aromatic carbocycles. The van der Waals surface area contributed by atoms with Crippen LogP contribution in [-0.4, -0.2) is 34.7 Å². The summed E-state index contributed by atoms with van der Waals surface area (Å²) in [5, 5.41) is 12.2. The van der Waals surface area contributed by atoms with Gasteiger partial charge in [0.1, 0.15) is 0 Å². The minimum atomic E-state index is -3.37. The summed E-state index contributed by atoms with van der Waals surface area (Å²) in [7, 11) is -5.55. The fraction of sp³-hybridized carbons (Fsp3) is 0.0930. The van der Waals surface area contributed by atoms with Gasteiger partial charge in [0.2, 0.25) is 0 Å². The second-order valence-corrected chi connectivity index (χ2v) is 25.6. The molecule has 0 N–H and O–H groups in total. The van der Waals surface area contributed by atoms with E-state index in [1.54, 1.807) is 0 Å². The minimum absolute atomic E-state index is 0.794. The Morgan fingerprint density at radius 2 is 0.630 bits per heavy atom. The summed E-state index contributed by atoms with van der Waals surface area (Å²) >= 11 is 10.3. The molecular formula is C43H39N3O2P2S3Sn. The van der Waals surface area contributed by atoms with Crippen molar-refractivity contribution in [3.8, 4) is 0 Å². The molecule has 0 aliphatic heterocycles. The van der Waals surface area contributed by atoms with E-state index in [0.717, 1.165) is 49.1 Å². The van der Waals surface area contributed by atoms with Crippen LogP contribution in [0.4, 0.5) is 0 Å². The maximum Gasteiger partial charge on any atom is 0.171 e. The molecule has 11 heteroatoms. The molecule has 0 saturated heterocycles. The molecule has 0 heterocycles. The van der Waals surface area contributed by atoms with Crippen LogP contribution in [0.15, 0.2) is 192 Å². The predicted octanol–water partition coefficient (Wildman–Crippen LogP) is 9.69. The Labute approximate surface area is 339 Å². The van der Waals surface area contributed by atoms with Crippen molar-refractivity contribution in [3.63, 3.8) is 0 Å². The summed E-state index contributed by atoms with van der Waals surface area (Å²) in [5.74, 6) is 0. The van der Waals surface area contributed by atoms with Gasteiger partial charge in [-0.3, -0.25) is 0 Å². The molecule has 0 aromatic heterocycles. The van der Waals surface area contributed by atoms with Crippen molar-refractivity contribution in [2.45, 2.75) is 24.2 Å². The first-order valence-electron chi connectivity index (χ1n) is 17.2. The van der Waals surface area contributed by atoms with Crippen LogP contribution in [0.3, 0.4) is 0 Å². The second-order valence-electron chi connectivity index (χ2n) is 11.7. The summed E-state index contributed by atoms with van der Waals surface area (Å²) in [6.45, 7) is 2.08. The summed E-state index contributed by atoms with van der Waals surface area (Å²) in [4.78, 5) is 0. The van der Waals surface area contributed by atoms with E-state index in [9.17, 15) is 9.13 Å². The average molecular weight is 907 g/mol. The standard InChI is InChI=1S/2C18H15OP.C4H9.3CNS.Sn/c2*19-20(16-10-4-1-5-11-16,17-12-6-2-7-13-17)18-14-8-3-9-15-18;1-3-4-2;3*2-1-3;/h2*1-15H;1,3-4H2,2H3;;;;/q;;;3*-1;+3. The fourth-order valence-corrected chi connectivity index (χ4v) is 18.9. The Bertz CT molecular complexity index is 1900. The molecule has 0 fully saturated rings. The molecule has 0 spiro atoms. The van der Waals surface area contributed by atoms with Crippen molar-refractivity contribution in [2.24, 2.45) is 9.64 Å². The largest absolute Gasteiger partial charge is 0.309 e. The quantitative estimate of drug-likeness (QED) is 0.0530. The Morgan fingerprint density at radius 3 is 0.796 bits per heavy atom. The van der Waals surface area contributed by atoms with Crippen molar-refractivity contribution in [1.29, 1.82) is 0 Å². The third-order valence-electron chi connectivity index (χ3n) is 8.26. The van der Waals surface area contributed by atoms with E-state index in [-0.39, 0.29) is 0 Å². The number of thiocarbonyl (C=S) groups is 3. The van der Waals surface area contributed by atoms with Crippen LogP contribution in [0.1, 0.15) is 19.8 Å². The molecule has 0 radical (unpaired) electrons. The van der Waals surface area contributed by atoms with E-state index in [2.05, 4.69) is 68.7 Å². The number of unbranched alkanes of at least 4 members (excludes halogenated alkanes) is 1. The molecule has 0 amide bonds. The maximum absolute atomic E-state index is 13.8. The van der Waals surface area contributed by atoms with Crippen molar-refractivity contribution in [1.82, 2.24) is 0 Å². The Kier molecular flexibility index (Phi) is 17.7. The number of hydrogen-bond donors (Lipinski definition) is 0. The van der Waals surface area contributed by atoms with Gasteiger partial charge in [-0.2, -0.15) is 0 Å². The van der Waals surface area contributed by atoms with Crippen molar-refractivity contribution in [3.05, 3.63) is 182 Å². The second kappa shape index (κ2) is 22.4. The molecule has 0 atom stereocenters. The predicted molar refractivity (Wildman–Crippen MR) is 242 cm³/mol. The third-order valence-corrected chi connectivity index (χ3v) is 23.0. The molecule has 0 aliphatic rings. The van der Waals surface area contributed by atoms with Gasteiger partial charge in [-0.15, -0.1) is 0 Å². The number of nitrogens with zero attached hydrogens (tertiary/aromatic N) is 3. The van der Waals surface area contributed by atoms with Crippen LogP contribution in [0.5, 0.6) is 0 Å². The van der Waals surface area contributed by atoms with Crippen LogP contribution in [0, 0.1) is 0 Å². The Hall–Kier alpha value is -4.02. The average Bonchev–Trinajstić information content (AvgIpc) is 3.25. The Balaban J connectivity index is 0.000000185. The minimum Gasteiger partial charge on any atom is -0.309 e. The molecular weight excluding hydrogens is 867 g/mol. The van der Waals surface area contributed by atoms with Crippen LogP contribution in [-0.2, 0) is 9.13 Å². The normalized spacial score (nSPS) is 11.6. The number of hydrogen-bond acceptors (Lipinski definition) is 8. The first kappa shape index (κ1) is 42.7. The van der Waals surface area contributed by atoms with Crippen molar-refractivity contribution < 1.29 is 9.13 Å². The molecule has 270 valence electrons. The summed E-state index contributed by atoms with van der Waals surface area (Å²) in [6.07, 6.45) is 2.03. The van der Waals surface area contributed by atoms with Gasteiger partial charge in [0.15, 0.2) is 14.3 Å². The fourth-order valence-electron chi connectivity index (χ4n) is 5.60. The van der Waals surface area contributed by atoms with Gasteiger partial charge in [-0.25, -0.2) is 0 Å². The summed E-state index contributed by atoms with van der Waals surface area (Å²) in [5.41, 5.74) is 0. The zero-order valence-electron chi connectivity index (χ0n) is 29.7. The van der Waals surface area contributed by atoms with Gasteiger partial charge in [0.25, 0.3) is 0 Å². The number of rotatable bonds is 12. The van der Waals surface area contributed by atoms with Crippen LogP contribution >= 0.6 is 50.9 Å². The first-order valence-corrected chi connectivity index (χ1v) is 27.7. The first-order chi connectivity index (χ1) is 26.4. The molecule has 5 nitrogen and oxygen atoms in total. The smallest absolute Gasteiger partial charge is 0.171 e. The van der Waals surface area contributed by atoms with Crippen molar-refractivity contribution >= 4 is 117 Å². The van der Waals surface area contributed by atoms with Crippen molar-refractivity contribution in [2.75, 3.05) is 0 Å². The monoisotopic (exact) mass is 907 g/mol. The molecule has 6 aromatic rings. The van der Waals surface area contributed by atoms with Gasteiger partial charge in [0.05, 0.1) is 0 Å². The maximum atomic E-state index is 13.8. The summed E-state index contributed by atoms with van der Waals surface area (Å²) in [6, 6.07) is 58.3. The van der Waals surface area contributed by atoms with Crippen LogP contribution in [0.25, 0.3) is 0 Å².